The number of aryl methyl sites for hydroxylation is 2. The third-order valence-electron chi connectivity index (χ3n) is 4.29. The summed E-state index contributed by atoms with van der Waals surface area (Å²) in [5, 5.41) is 8.44. The summed E-state index contributed by atoms with van der Waals surface area (Å²) in [6.45, 7) is 7.57. The number of aromatic nitrogens is 2. The first kappa shape index (κ1) is 20.8. The Balaban J connectivity index is 2.05. The first-order valence-electron chi connectivity index (χ1n) is 9.12. The number of imidazole rings is 1. The van der Waals surface area contributed by atoms with Gasteiger partial charge in [0.05, 0.1) is 39.7 Å². The van der Waals surface area contributed by atoms with Crippen LogP contribution in [0.3, 0.4) is 0 Å². The van der Waals surface area contributed by atoms with Crippen LogP contribution < -0.4 is 15.2 Å². The molecule has 0 aliphatic heterocycles. The quantitative estimate of drug-likeness (QED) is 0.489. The van der Waals surface area contributed by atoms with Gasteiger partial charge in [0.2, 0.25) is 10.0 Å². The highest BCUT2D eigenvalue weighted by Crippen LogP contribution is 2.31. The second kappa shape index (κ2) is 7.84. The molecule has 0 fully saturated rings. The molecule has 0 bridgehead atoms. The standard InChI is InChI=1S/C20H25N5O3S/c1-12(2)28-18-9-7-15(29(21,26)27)10-17(18)23-14(4)24-19-13(3)6-8-16-20(19)25(5)11-22-16/h6-12H,1-5H3,(H,23,24)(H2,21,26,27). The molecule has 0 radical (unpaired) electrons. The monoisotopic (exact) mass is 415 g/mol. The lowest BCUT2D eigenvalue weighted by Gasteiger charge is -2.16. The van der Waals surface area contributed by atoms with Gasteiger partial charge in [-0.1, -0.05) is 6.07 Å². The Kier molecular flexibility index (Phi) is 5.63. The molecule has 8 nitrogen and oxygen atoms in total. The van der Waals surface area contributed by atoms with Crippen molar-refractivity contribution >= 4 is 38.3 Å². The highest BCUT2D eigenvalue weighted by molar-refractivity contribution is 7.89. The van der Waals surface area contributed by atoms with Crippen LogP contribution in [0.25, 0.3) is 11.0 Å². The summed E-state index contributed by atoms with van der Waals surface area (Å²) in [6, 6.07) is 8.38. The third kappa shape index (κ3) is 4.57. The first-order valence-corrected chi connectivity index (χ1v) is 10.7. The maximum atomic E-state index is 11.8. The summed E-state index contributed by atoms with van der Waals surface area (Å²) < 4.78 is 31.2. The van der Waals surface area contributed by atoms with E-state index in [9.17, 15) is 8.42 Å². The van der Waals surface area contributed by atoms with Gasteiger partial charge in [-0.2, -0.15) is 0 Å². The number of nitrogens with one attached hydrogen (secondary N) is 1. The Morgan fingerprint density at radius 1 is 1.28 bits per heavy atom. The van der Waals surface area contributed by atoms with Crippen molar-refractivity contribution in [2.24, 2.45) is 17.2 Å². The molecule has 9 heteroatoms. The molecule has 0 saturated heterocycles. The topological polar surface area (TPSA) is 112 Å². The molecule has 1 heterocycles. The number of primary sulfonamides is 1. The third-order valence-corrected chi connectivity index (χ3v) is 5.20. The van der Waals surface area contributed by atoms with Gasteiger partial charge < -0.3 is 14.6 Å². The van der Waals surface area contributed by atoms with Crippen LogP contribution in [0, 0.1) is 6.92 Å². The molecule has 0 atom stereocenters. The number of aliphatic imine (C=N–C) groups is 1. The van der Waals surface area contributed by atoms with Crippen molar-refractivity contribution in [2.45, 2.75) is 38.7 Å². The van der Waals surface area contributed by atoms with E-state index in [2.05, 4.69) is 10.3 Å². The lowest BCUT2D eigenvalue weighted by molar-refractivity contribution is 0.243. The minimum absolute atomic E-state index is 0.00572. The summed E-state index contributed by atoms with van der Waals surface area (Å²) in [6.07, 6.45) is 1.66. The Bertz CT molecular complexity index is 1200. The van der Waals surface area contributed by atoms with Crippen molar-refractivity contribution < 1.29 is 13.2 Å². The highest BCUT2D eigenvalue weighted by atomic mass is 32.2. The summed E-state index contributed by atoms with van der Waals surface area (Å²) in [4.78, 5) is 9.10. The minimum atomic E-state index is -3.85. The molecule has 3 aromatic rings. The van der Waals surface area contributed by atoms with Crippen LogP contribution in [0.4, 0.5) is 11.4 Å². The van der Waals surface area contributed by atoms with Gasteiger partial charge in [-0.15, -0.1) is 0 Å². The van der Waals surface area contributed by atoms with E-state index in [1.165, 1.54) is 12.1 Å². The number of nitrogens with two attached hydrogens (primary N) is 1. The number of rotatable bonds is 5. The molecule has 29 heavy (non-hydrogen) atoms. The van der Waals surface area contributed by atoms with E-state index in [0.29, 0.717) is 17.3 Å². The Morgan fingerprint density at radius 3 is 2.66 bits per heavy atom. The molecule has 0 saturated carbocycles. The number of anilines is 1. The van der Waals surface area contributed by atoms with Crippen molar-refractivity contribution in [3.63, 3.8) is 0 Å². The Hall–Kier alpha value is -2.91. The van der Waals surface area contributed by atoms with Gasteiger partial charge in [0.15, 0.2) is 0 Å². The number of nitrogens with zero attached hydrogens (tertiary/aromatic N) is 3. The molecule has 3 rings (SSSR count). The molecular weight excluding hydrogens is 390 g/mol. The van der Waals surface area contributed by atoms with E-state index >= 15 is 0 Å². The molecule has 154 valence electrons. The van der Waals surface area contributed by atoms with Crippen LogP contribution in [0.1, 0.15) is 26.3 Å². The number of benzene rings is 2. The highest BCUT2D eigenvalue weighted by Gasteiger charge is 2.15. The van der Waals surface area contributed by atoms with Gasteiger partial charge in [0, 0.05) is 7.05 Å². The van der Waals surface area contributed by atoms with E-state index in [1.807, 2.05) is 44.5 Å². The van der Waals surface area contributed by atoms with Crippen molar-refractivity contribution in [3.05, 3.63) is 42.2 Å². The molecule has 2 aromatic carbocycles. The zero-order valence-electron chi connectivity index (χ0n) is 17.1. The van der Waals surface area contributed by atoms with Crippen molar-refractivity contribution in [3.8, 4) is 5.75 Å². The van der Waals surface area contributed by atoms with Crippen LogP contribution in [-0.2, 0) is 17.1 Å². The number of hydrogen-bond donors (Lipinski definition) is 2. The fraction of sp³-hybridized carbons (Fsp3) is 0.300. The Morgan fingerprint density at radius 2 is 2.00 bits per heavy atom. The molecule has 0 aliphatic rings. The zero-order valence-corrected chi connectivity index (χ0v) is 17.9. The molecule has 1 aromatic heterocycles. The number of amidine groups is 1. The van der Waals surface area contributed by atoms with Gasteiger partial charge in [-0.25, -0.2) is 23.5 Å². The summed E-state index contributed by atoms with van der Waals surface area (Å²) in [7, 11) is -1.93. The number of sulfonamides is 1. The van der Waals surface area contributed by atoms with Crippen molar-refractivity contribution in [2.75, 3.05) is 5.32 Å². The van der Waals surface area contributed by atoms with Gasteiger partial charge in [0.1, 0.15) is 11.6 Å². The van der Waals surface area contributed by atoms with Crippen LogP contribution >= 0.6 is 0 Å². The van der Waals surface area contributed by atoms with Crippen LogP contribution in [-0.4, -0.2) is 29.9 Å². The van der Waals surface area contributed by atoms with Gasteiger partial charge >= 0.3 is 0 Å². The normalized spacial score (nSPS) is 12.6. The van der Waals surface area contributed by atoms with E-state index in [-0.39, 0.29) is 11.0 Å². The van der Waals surface area contributed by atoms with E-state index in [4.69, 9.17) is 14.9 Å². The van der Waals surface area contributed by atoms with Gasteiger partial charge in [0.25, 0.3) is 0 Å². The maximum Gasteiger partial charge on any atom is 0.238 e. The van der Waals surface area contributed by atoms with Crippen molar-refractivity contribution in [1.29, 1.82) is 0 Å². The molecule has 3 N–H and O–H groups in total. The predicted molar refractivity (Wildman–Crippen MR) is 115 cm³/mol. The Labute approximate surface area is 170 Å². The lowest BCUT2D eigenvalue weighted by Crippen LogP contribution is -2.15. The fourth-order valence-electron chi connectivity index (χ4n) is 3.00. The van der Waals surface area contributed by atoms with Gasteiger partial charge in [-0.05, 0) is 57.5 Å². The summed E-state index contributed by atoms with van der Waals surface area (Å²) >= 11 is 0. The molecule has 0 unspecified atom stereocenters. The fourth-order valence-corrected chi connectivity index (χ4v) is 3.54. The lowest BCUT2D eigenvalue weighted by atomic mass is 10.1. The smallest absolute Gasteiger partial charge is 0.238 e. The molecular formula is C20H25N5O3S. The van der Waals surface area contributed by atoms with Crippen molar-refractivity contribution in [1.82, 2.24) is 9.55 Å². The number of fused-ring (bicyclic) bond motifs is 1. The summed E-state index contributed by atoms with van der Waals surface area (Å²) in [5.41, 5.74) is 4.04. The number of hydrogen-bond acceptors (Lipinski definition) is 5. The largest absolute Gasteiger partial charge is 0.489 e. The van der Waals surface area contributed by atoms with Crippen LogP contribution in [0.2, 0.25) is 0 Å². The van der Waals surface area contributed by atoms with E-state index in [0.717, 1.165) is 22.3 Å². The molecule has 0 spiro atoms. The SMILES string of the molecule is CC(=Nc1c(C)ccc2ncn(C)c12)Nc1cc(S(N)(=O)=O)ccc1OC(C)C. The minimum Gasteiger partial charge on any atom is -0.489 e. The van der Waals surface area contributed by atoms with Gasteiger partial charge in [-0.3, -0.25) is 0 Å². The number of ether oxygens (including phenoxy) is 1. The average Bonchev–Trinajstić information content (AvgIpc) is 2.99. The van der Waals surface area contributed by atoms with E-state index < -0.39 is 10.0 Å². The molecule has 0 amide bonds. The zero-order chi connectivity index (χ0) is 21.3. The second-order valence-electron chi connectivity index (χ2n) is 7.15. The second-order valence-corrected chi connectivity index (χ2v) is 8.71. The first-order chi connectivity index (χ1) is 13.6. The van der Waals surface area contributed by atoms with Crippen LogP contribution in [0.5, 0.6) is 5.75 Å². The van der Waals surface area contributed by atoms with Crippen LogP contribution in [0.15, 0.2) is 46.5 Å². The molecule has 0 aliphatic carbocycles. The maximum absolute atomic E-state index is 11.8. The summed E-state index contributed by atoms with van der Waals surface area (Å²) in [5.74, 6) is 1.08. The average molecular weight is 416 g/mol. The predicted octanol–water partition coefficient (Wildman–Crippen LogP) is 3.48. The van der Waals surface area contributed by atoms with E-state index in [1.54, 1.807) is 19.3 Å².